The van der Waals surface area contributed by atoms with Crippen LogP contribution in [0.5, 0.6) is 5.75 Å². The van der Waals surface area contributed by atoms with Gasteiger partial charge in [0.05, 0.1) is 18.1 Å². The highest BCUT2D eigenvalue weighted by molar-refractivity contribution is 5.48. The average molecular weight is 294 g/mol. The van der Waals surface area contributed by atoms with Gasteiger partial charge in [0.25, 0.3) is 0 Å². The highest BCUT2D eigenvalue weighted by Crippen LogP contribution is 2.30. The Balaban J connectivity index is 2.15. The van der Waals surface area contributed by atoms with Gasteiger partial charge in [0.15, 0.2) is 5.75 Å². The molecule has 1 aromatic carbocycles. The van der Waals surface area contributed by atoms with E-state index in [4.69, 9.17) is 9.47 Å². The summed E-state index contributed by atoms with van der Waals surface area (Å²) in [6, 6.07) is 5.01. The van der Waals surface area contributed by atoms with Crippen molar-refractivity contribution in [1.82, 2.24) is 5.32 Å². The predicted octanol–water partition coefficient (Wildman–Crippen LogP) is 2.65. The monoisotopic (exact) mass is 294 g/mol. The first-order valence-electron chi connectivity index (χ1n) is 7.12. The van der Waals surface area contributed by atoms with Gasteiger partial charge in [-0.2, -0.15) is 0 Å². The van der Waals surface area contributed by atoms with Crippen LogP contribution in [0.4, 0.5) is 5.69 Å². The molecule has 0 spiro atoms. The molecule has 0 saturated carbocycles. The average Bonchev–Trinajstić information content (AvgIpc) is 2.88. The topological polar surface area (TPSA) is 73.6 Å². The van der Waals surface area contributed by atoms with Crippen molar-refractivity contribution in [3.63, 3.8) is 0 Å². The molecule has 1 N–H and O–H groups in total. The van der Waals surface area contributed by atoms with Crippen molar-refractivity contribution in [2.75, 3.05) is 13.2 Å². The number of hydrogen-bond acceptors (Lipinski definition) is 5. The second-order valence-corrected chi connectivity index (χ2v) is 6.27. The van der Waals surface area contributed by atoms with Crippen molar-refractivity contribution in [3.8, 4) is 5.75 Å². The molecule has 1 saturated heterocycles. The largest absolute Gasteiger partial charge is 0.481 e. The van der Waals surface area contributed by atoms with E-state index in [1.165, 1.54) is 6.07 Å². The fourth-order valence-corrected chi connectivity index (χ4v) is 2.07. The van der Waals surface area contributed by atoms with Crippen LogP contribution < -0.4 is 10.1 Å². The van der Waals surface area contributed by atoms with Gasteiger partial charge in [-0.25, -0.2) is 0 Å². The van der Waals surface area contributed by atoms with Crippen LogP contribution in [0.1, 0.15) is 32.8 Å². The Morgan fingerprint density at radius 2 is 2.24 bits per heavy atom. The van der Waals surface area contributed by atoms with Crippen LogP contribution in [0.15, 0.2) is 18.2 Å². The summed E-state index contributed by atoms with van der Waals surface area (Å²) in [6.07, 6.45) is 0.663. The maximum atomic E-state index is 11.1. The summed E-state index contributed by atoms with van der Waals surface area (Å²) >= 11 is 0. The first kappa shape index (κ1) is 15.7. The zero-order valence-electron chi connectivity index (χ0n) is 12.7. The Bertz CT molecular complexity index is 505. The zero-order chi connectivity index (χ0) is 15.5. The second kappa shape index (κ2) is 6.41. The number of nitro benzene ring substituents is 1. The van der Waals surface area contributed by atoms with Crippen molar-refractivity contribution >= 4 is 5.69 Å². The third-order valence-electron chi connectivity index (χ3n) is 3.23. The normalized spacial score (nSPS) is 18.7. The standard InChI is InChI=1S/C15H22N2O4/c1-15(2,3)16-9-11-4-5-13(17(18)19)14(8-11)21-12-6-7-20-10-12/h4-5,8,12,16H,6-7,9-10H2,1-3H3. The molecule has 1 unspecified atom stereocenters. The van der Waals surface area contributed by atoms with Gasteiger partial charge in [0.1, 0.15) is 6.10 Å². The lowest BCUT2D eigenvalue weighted by atomic mass is 10.1. The van der Waals surface area contributed by atoms with Crippen LogP contribution in [0, 0.1) is 10.1 Å². The summed E-state index contributed by atoms with van der Waals surface area (Å²) in [4.78, 5) is 10.7. The maximum Gasteiger partial charge on any atom is 0.310 e. The molecule has 1 aliphatic heterocycles. The zero-order valence-corrected chi connectivity index (χ0v) is 12.7. The van der Waals surface area contributed by atoms with Gasteiger partial charge in [-0.3, -0.25) is 10.1 Å². The van der Waals surface area contributed by atoms with E-state index in [0.29, 0.717) is 25.5 Å². The van der Waals surface area contributed by atoms with Crippen molar-refractivity contribution in [2.45, 2.75) is 45.4 Å². The smallest absolute Gasteiger partial charge is 0.310 e. The van der Waals surface area contributed by atoms with Crippen LogP contribution in [0.25, 0.3) is 0 Å². The van der Waals surface area contributed by atoms with Gasteiger partial charge >= 0.3 is 5.69 Å². The van der Waals surface area contributed by atoms with Gasteiger partial charge in [-0.15, -0.1) is 0 Å². The van der Waals surface area contributed by atoms with E-state index in [1.807, 2.05) is 0 Å². The molecule has 6 heteroatoms. The molecule has 1 aliphatic rings. The number of ether oxygens (including phenoxy) is 2. The van der Waals surface area contributed by atoms with Gasteiger partial charge in [0, 0.05) is 24.6 Å². The lowest BCUT2D eigenvalue weighted by Crippen LogP contribution is -2.35. The molecule has 116 valence electrons. The lowest BCUT2D eigenvalue weighted by molar-refractivity contribution is -0.386. The third-order valence-corrected chi connectivity index (χ3v) is 3.23. The van der Waals surface area contributed by atoms with E-state index in [2.05, 4.69) is 26.1 Å². The number of rotatable bonds is 5. The molecule has 6 nitrogen and oxygen atoms in total. The molecule has 1 fully saturated rings. The number of nitro groups is 1. The van der Waals surface area contributed by atoms with E-state index >= 15 is 0 Å². The Hall–Kier alpha value is -1.66. The minimum atomic E-state index is -0.411. The highest BCUT2D eigenvalue weighted by atomic mass is 16.6. The van der Waals surface area contributed by atoms with E-state index < -0.39 is 4.92 Å². The minimum Gasteiger partial charge on any atom is -0.481 e. The predicted molar refractivity (Wildman–Crippen MR) is 79.5 cm³/mol. The van der Waals surface area contributed by atoms with Crippen molar-refractivity contribution in [2.24, 2.45) is 0 Å². The van der Waals surface area contributed by atoms with E-state index in [1.54, 1.807) is 12.1 Å². The third kappa shape index (κ3) is 4.68. The Morgan fingerprint density at radius 1 is 1.48 bits per heavy atom. The number of nitrogens with zero attached hydrogens (tertiary/aromatic N) is 1. The van der Waals surface area contributed by atoms with Gasteiger partial charge < -0.3 is 14.8 Å². The lowest BCUT2D eigenvalue weighted by Gasteiger charge is -2.21. The van der Waals surface area contributed by atoms with Crippen molar-refractivity contribution in [3.05, 3.63) is 33.9 Å². The molecule has 0 amide bonds. The maximum absolute atomic E-state index is 11.1. The van der Waals surface area contributed by atoms with Gasteiger partial charge in [-0.05, 0) is 32.4 Å². The summed E-state index contributed by atoms with van der Waals surface area (Å²) < 4.78 is 11.0. The highest BCUT2D eigenvalue weighted by Gasteiger charge is 2.23. The van der Waals surface area contributed by atoms with Gasteiger partial charge in [-0.1, -0.05) is 6.07 Å². The second-order valence-electron chi connectivity index (χ2n) is 6.27. The molecule has 0 aromatic heterocycles. The van der Waals surface area contributed by atoms with Crippen LogP contribution in [-0.2, 0) is 11.3 Å². The molecular weight excluding hydrogens is 272 g/mol. The Kier molecular flexibility index (Phi) is 4.80. The SMILES string of the molecule is CC(C)(C)NCc1ccc([N+](=O)[O-])c(OC2CCOC2)c1. The Labute approximate surface area is 124 Å². The van der Waals surface area contributed by atoms with E-state index in [0.717, 1.165) is 12.0 Å². The summed E-state index contributed by atoms with van der Waals surface area (Å²) in [7, 11) is 0. The minimum absolute atomic E-state index is 0.00130. The summed E-state index contributed by atoms with van der Waals surface area (Å²) in [5.74, 6) is 0.323. The van der Waals surface area contributed by atoms with E-state index in [-0.39, 0.29) is 17.3 Å². The molecule has 1 atom stereocenters. The quantitative estimate of drug-likeness (QED) is 0.667. The summed E-state index contributed by atoms with van der Waals surface area (Å²) in [6.45, 7) is 7.99. The van der Waals surface area contributed by atoms with Gasteiger partial charge in [0.2, 0.25) is 0 Å². The van der Waals surface area contributed by atoms with Crippen LogP contribution >= 0.6 is 0 Å². The van der Waals surface area contributed by atoms with Crippen molar-refractivity contribution < 1.29 is 14.4 Å². The summed E-state index contributed by atoms with van der Waals surface area (Å²) in [5.41, 5.74) is 0.952. The van der Waals surface area contributed by atoms with E-state index in [9.17, 15) is 10.1 Å². The fraction of sp³-hybridized carbons (Fsp3) is 0.600. The fourth-order valence-electron chi connectivity index (χ4n) is 2.07. The first-order chi connectivity index (χ1) is 9.85. The summed E-state index contributed by atoms with van der Waals surface area (Å²) in [5, 5.41) is 14.5. The molecule has 0 bridgehead atoms. The molecule has 0 aliphatic carbocycles. The molecule has 0 radical (unpaired) electrons. The molecule has 1 heterocycles. The van der Waals surface area contributed by atoms with Crippen LogP contribution in [-0.4, -0.2) is 29.8 Å². The van der Waals surface area contributed by atoms with Crippen molar-refractivity contribution in [1.29, 1.82) is 0 Å². The molecule has 2 rings (SSSR count). The molecular formula is C15H22N2O4. The first-order valence-corrected chi connectivity index (χ1v) is 7.12. The number of benzene rings is 1. The van der Waals surface area contributed by atoms with Crippen LogP contribution in [0.2, 0.25) is 0 Å². The number of hydrogen-bond donors (Lipinski definition) is 1. The Morgan fingerprint density at radius 3 is 2.81 bits per heavy atom. The number of nitrogens with one attached hydrogen (secondary N) is 1. The molecule has 1 aromatic rings. The van der Waals surface area contributed by atoms with Crippen LogP contribution in [0.3, 0.4) is 0 Å². The molecule has 21 heavy (non-hydrogen) atoms.